The Labute approximate surface area is 118 Å². The van der Waals surface area contributed by atoms with E-state index in [0.29, 0.717) is 12.2 Å². The van der Waals surface area contributed by atoms with E-state index >= 15 is 0 Å². The van der Waals surface area contributed by atoms with Crippen LogP contribution in [0.3, 0.4) is 0 Å². The number of nitrogens with zero attached hydrogens (tertiary/aromatic N) is 2. The minimum absolute atomic E-state index is 0.255. The van der Waals surface area contributed by atoms with Gasteiger partial charge in [-0.1, -0.05) is 6.92 Å². The molecule has 0 aromatic carbocycles. The van der Waals surface area contributed by atoms with Gasteiger partial charge in [0.1, 0.15) is 18.1 Å². The molecule has 0 fully saturated rings. The van der Waals surface area contributed by atoms with Gasteiger partial charge in [-0.2, -0.15) is 4.98 Å². The van der Waals surface area contributed by atoms with Gasteiger partial charge in [0.15, 0.2) is 0 Å². The molecule has 3 atom stereocenters. The number of aliphatic hydroxyl groups is 1. The number of anilines is 1. The predicted octanol–water partition coefficient (Wildman–Crippen LogP) is 0.606. The molecule has 1 heterocycles. The SMILES string of the molecule is CC[C@@H](O[C@H](COC)[C@H](C)O)n1ccc(NC)nc1=O. The summed E-state index contributed by atoms with van der Waals surface area (Å²) in [5.74, 6) is 0.505. The van der Waals surface area contributed by atoms with Gasteiger partial charge in [0.05, 0.1) is 12.7 Å². The summed E-state index contributed by atoms with van der Waals surface area (Å²) >= 11 is 0. The van der Waals surface area contributed by atoms with Crippen molar-refractivity contribution in [3.8, 4) is 0 Å². The van der Waals surface area contributed by atoms with Crippen LogP contribution in [0.15, 0.2) is 17.1 Å². The van der Waals surface area contributed by atoms with Gasteiger partial charge in [-0.3, -0.25) is 4.57 Å². The van der Waals surface area contributed by atoms with E-state index in [1.165, 1.54) is 11.7 Å². The Balaban J connectivity index is 2.92. The van der Waals surface area contributed by atoms with Crippen LogP contribution in [0.2, 0.25) is 0 Å². The van der Waals surface area contributed by atoms with Gasteiger partial charge in [0, 0.05) is 20.4 Å². The fourth-order valence-electron chi connectivity index (χ4n) is 1.79. The summed E-state index contributed by atoms with van der Waals surface area (Å²) in [4.78, 5) is 15.8. The Hall–Kier alpha value is -1.44. The maximum Gasteiger partial charge on any atom is 0.351 e. The standard InChI is InChI=1S/C13H23N3O4/c1-5-12(20-10(8-19-4)9(2)17)16-7-6-11(14-3)15-13(16)18/h6-7,9-10,12,17H,5,8H2,1-4H3,(H,14,15,18)/t9-,10+,12+/m0/s1. The second kappa shape index (κ2) is 7.98. The highest BCUT2D eigenvalue weighted by molar-refractivity contribution is 5.30. The van der Waals surface area contributed by atoms with Crippen molar-refractivity contribution in [3.05, 3.63) is 22.7 Å². The topological polar surface area (TPSA) is 85.6 Å². The Morgan fingerprint density at radius 3 is 2.70 bits per heavy atom. The third kappa shape index (κ3) is 4.29. The fraction of sp³-hybridized carbons (Fsp3) is 0.692. The van der Waals surface area contributed by atoms with E-state index in [0.717, 1.165) is 0 Å². The van der Waals surface area contributed by atoms with E-state index in [1.54, 1.807) is 26.2 Å². The molecular weight excluding hydrogens is 262 g/mol. The number of rotatable bonds is 8. The zero-order chi connectivity index (χ0) is 15.1. The molecule has 0 saturated carbocycles. The zero-order valence-corrected chi connectivity index (χ0v) is 12.4. The second-order valence-electron chi connectivity index (χ2n) is 4.49. The Bertz CT molecular complexity index is 461. The van der Waals surface area contributed by atoms with Crippen molar-refractivity contribution in [2.45, 2.75) is 38.7 Å². The number of aliphatic hydroxyl groups excluding tert-OH is 1. The molecule has 0 bridgehead atoms. The molecule has 1 aromatic rings. The van der Waals surface area contributed by atoms with Gasteiger partial charge in [0.2, 0.25) is 0 Å². The molecule has 7 nitrogen and oxygen atoms in total. The minimum atomic E-state index is -0.691. The number of hydrogen-bond acceptors (Lipinski definition) is 6. The van der Waals surface area contributed by atoms with Gasteiger partial charge in [0.25, 0.3) is 0 Å². The van der Waals surface area contributed by atoms with Gasteiger partial charge in [-0.05, 0) is 19.4 Å². The average Bonchev–Trinajstić information content (AvgIpc) is 2.43. The van der Waals surface area contributed by atoms with Gasteiger partial charge >= 0.3 is 5.69 Å². The molecule has 0 spiro atoms. The van der Waals surface area contributed by atoms with Crippen LogP contribution in [-0.2, 0) is 9.47 Å². The Kier molecular flexibility index (Phi) is 6.63. The summed E-state index contributed by atoms with van der Waals surface area (Å²) in [5, 5.41) is 12.5. The maximum absolute atomic E-state index is 11.9. The lowest BCUT2D eigenvalue weighted by atomic mass is 10.2. The van der Waals surface area contributed by atoms with Crippen LogP contribution in [-0.4, -0.2) is 47.6 Å². The van der Waals surface area contributed by atoms with Gasteiger partial charge < -0.3 is 19.9 Å². The summed E-state index contributed by atoms with van der Waals surface area (Å²) < 4.78 is 12.2. The first-order valence-corrected chi connectivity index (χ1v) is 6.62. The van der Waals surface area contributed by atoms with Gasteiger partial charge in [-0.25, -0.2) is 4.79 Å². The van der Waals surface area contributed by atoms with E-state index < -0.39 is 24.1 Å². The first-order chi connectivity index (χ1) is 9.53. The van der Waals surface area contributed by atoms with E-state index in [4.69, 9.17) is 9.47 Å². The molecule has 1 rings (SSSR count). The van der Waals surface area contributed by atoms with Crippen LogP contribution < -0.4 is 11.0 Å². The minimum Gasteiger partial charge on any atom is -0.391 e. The van der Waals surface area contributed by atoms with Crippen LogP contribution >= 0.6 is 0 Å². The Morgan fingerprint density at radius 2 is 2.25 bits per heavy atom. The monoisotopic (exact) mass is 285 g/mol. The van der Waals surface area contributed by atoms with Crippen molar-refractivity contribution in [1.29, 1.82) is 0 Å². The highest BCUT2D eigenvalue weighted by Crippen LogP contribution is 2.16. The molecule has 20 heavy (non-hydrogen) atoms. The summed E-state index contributed by atoms with van der Waals surface area (Å²) in [6, 6.07) is 1.70. The lowest BCUT2D eigenvalue weighted by Gasteiger charge is -2.26. The van der Waals surface area contributed by atoms with E-state index in [9.17, 15) is 9.90 Å². The number of methoxy groups -OCH3 is 1. The Morgan fingerprint density at radius 1 is 1.55 bits per heavy atom. The lowest BCUT2D eigenvalue weighted by Crippen LogP contribution is -2.36. The molecule has 0 saturated heterocycles. The molecule has 7 heteroatoms. The molecule has 0 unspecified atom stereocenters. The summed E-state index contributed by atoms with van der Waals surface area (Å²) in [6.45, 7) is 3.78. The van der Waals surface area contributed by atoms with Crippen LogP contribution in [0.4, 0.5) is 5.82 Å². The highest BCUT2D eigenvalue weighted by atomic mass is 16.6. The van der Waals surface area contributed by atoms with Crippen LogP contribution in [0.5, 0.6) is 0 Å². The normalized spacial score (nSPS) is 15.7. The second-order valence-corrected chi connectivity index (χ2v) is 4.49. The lowest BCUT2D eigenvalue weighted by molar-refractivity contribution is -0.126. The molecule has 114 valence electrons. The molecule has 0 aliphatic heterocycles. The zero-order valence-electron chi connectivity index (χ0n) is 12.4. The number of aromatic nitrogens is 2. The number of ether oxygens (including phenoxy) is 2. The van der Waals surface area contributed by atoms with Crippen molar-refractivity contribution in [2.75, 3.05) is 26.1 Å². The molecule has 0 aliphatic carbocycles. The summed E-state index contributed by atoms with van der Waals surface area (Å²) in [5.41, 5.74) is -0.398. The largest absolute Gasteiger partial charge is 0.391 e. The first kappa shape index (κ1) is 16.6. The van der Waals surface area contributed by atoms with Crippen LogP contribution in [0.1, 0.15) is 26.5 Å². The molecule has 0 radical (unpaired) electrons. The van der Waals surface area contributed by atoms with Gasteiger partial charge in [-0.15, -0.1) is 0 Å². The van der Waals surface area contributed by atoms with Crippen LogP contribution in [0.25, 0.3) is 0 Å². The predicted molar refractivity (Wildman–Crippen MR) is 75.8 cm³/mol. The smallest absolute Gasteiger partial charge is 0.351 e. The van der Waals surface area contributed by atoms with Crippen molar-refractivity contribution in [3.63, 3.8) is 0 Å². The fourth-order valence-corrected chi connectivity index (χ4v) is 1.79. The summed E-state index contributed by atoms with van der Waals surface area (Å²) in [6.07, 6.45) is 0.523. The third-order valence-electron chi connectivity index (χ3n) is 2.95. The van der Waals surface area contributed by atoms with E-state index in [1.807, 2.05) is 6.92 Å². The average molecular weight is 285 g/mol. The van der Waals surface area contributed by atoms with Crippen molar-refractivity contribution < 1.29 is 14.6 Å². The van der Waals surface area contributed by atoms with Crippen molar-refractivity contribution >= 4 is 5.82 Å². The molecule has 1 aromatic heterocycles. The van der Waals surface area contributed by atoms with Crippen molar-refractivity contribution in [2.24, 2.45) is 0 Å². The number of nitrogens with one attached hydrogen (secondary N) is 1. The molecule has 0 amide bonds. The molecular formula is C13H23N3O4. The van der Waals surface area contributed by atoms with E-state index in [2.05, 4.69) is 10.3 Å². The molecule has 0 aliphatic rings. The first-order valence-electron chi connectivity index (χ1n) is 6.62. The quantitative estimate of drug-likeness (QED) is 0.728. The molecule has 2 N–H and O–H groups in total. The summed E-state index contributed by atoms with van der Waals surface area (Å²) in [7, 11) is 3.23. The number of hydrogen-bond donors (Lipinski definition) is 2. The maximum atomic E-state index is 11.9. The highest BCUT2D eigenvalue weighted by Gasteiger charge is 2.22. The van der Waals surface area contributed by atoms with E-state index in [-0.39, 0.29) is 6.61 Å². The third-order valence-corrected chi connectivity index (χ3v) is 2.95. The van der Waals surface area contributed by atoms with Crippen LogP contribution in [0, 0.1) is 0 Å². The van der Waals surface area contributed by atoms with Crippen molar-refractivity contribution in [1.82, 2.24) is 9.55 Å².